The van der Waals surface area contributed by atoms with Gasteiger partial charge >= 0.3 is 0 Å². The molecule has 3 rings (SSSR count). The van der Waals surface area contributed by atoms with Crippen LogP contribution >= 0.6 is 0 Å². The van der Waals surface area contributed by atoms with Crippen molar-refractivity contribution in [3.05, 3.63) is 36.2 Å². The lowest BCUT2D eigenvalue weighted by Crippen LogP contribution is -2.44. The summed E-state index contributed by atoms with van der Waals surface area (Å²) in [5.41, 5.74) is 1.62. The number of amides is 1. The minimum Gasteiger partial charge on any atom is -0.371 e. The van der Waals surface area contributed by atoms with E-state index in [9.17, 15) is 9.18 Å². The van der Waals surface area contributed by atoms with Gasteiger partial charge in [-0.1, -0.05) is 12.2 Å². The van der Waals surface area contributed by atoms with Gasteiger partial charge in [0.05, 0.1) is 11.4 Å². The van der Waals surface area contributed by atoms with Crippen LogP contribution in [0.1, 0.15) is 12.8 Å². The van der Waals surface area contributed by atoms with Gasteiger partial charge in [-0.05, 0) is 31.0 Å². The number of hydrogen-bond acceptors (Lipinski definition) is 2. The Morgan fingerprint density at radius 1 is 1.21 bits per heavy atom. The van der Waals surface area contributed by atoms with Crippen molar-refractivity contribution in [1.82, 2.24) is 0 Å². The first kappa shape index (κ1) is 12.2. The lowest BCUT2D eigenvalue weighted by Gasteiger charge is -2.36. The summed E-state index contributed by atoms with van der Waals surface area (Å²) in [6, 6.07) is 4.63. The molecule has 3 nitrogen and oxygen atoms in total. The van der Waals surface area contributed by atoms with Crippen molar-refractivity contribution in [1.29, 1.82) is 0 Å². The quantitative estimate of drug-likeness (QED) is 0.725. The first-order valence-electron chi connectivity index (χ1n) is 6.64. The molecule has 0 aromatic heterocycles. The van der Waals surface area contributed by atoms with Gasteiger partial charge < -0.3 is 9.80 Å². The van der Waals surface area contributed by atoms with Gasteiger partial charge in [0, 0.05) is 26.1 Å². The first-order chi connectivity index (χ1) is 9.16. The number of fused-ring (bicyclic) bond motifs is 1. The van der Waals surface area contributed by atoms with Gasteiger partial charge in [-0.2, -0.15) is 0 Å². The van der Waals surface area contributed by atoms with E-state index in [0.717, 1.165) is 30.8 Å². The molecule has 19 heavy (non-hydrogen) atoms. The number of rotatable bonds is 1. The van der Waals surface area contributed by atoms with Crippen molar-refractivity contribution in [3.8, 4) is 0 Å². The van der Waals surface area contributed by atoms with Crippen molar-refractivity contribution >= 4 is 17.3 Å². The maximum Gasteiger partial charge on any atom is 0.230 e. The summed E-state index contributed by atoms with van der Waals surface area (Å²) in [4.78, 5) is 16.3. The predicted octanol–water partition coefficient (Wildman–Crippen LogP) is 2.57. The van der Waals surface area contributed by atoms with Crippen LogP contribution in [0.25, 0.3) is 0 Å². The van der Waals surface area contributed by atoms with Crippen LogP contribution < -0.4 is 9.80 Å². The van der Waals surface area contributed by atoms with Crippen molar-refractivity contribution in [3.63, 3.8) is 0 Å². The largest absolute Gasteiger partial charge is 0.371 e. The van der Waals surface area contributed by atoms with E-state index in [1.165, 1.54) is 12.1 Å². The number of carbonyl (C=O) groups excluding carboxylic acids is 1. The molecule has 0 N–H and O–H groups in total. The average molecular weight is 260 g/mol. The fourth-order valence-corrected chi connectivity index (χ4v) is 2.79. The minimum absolute atomic E-state index is 0.0568. The van der Waals surface area contributed by atoms with Crippen molar-refractivity contribution in [2.24, 2.45) is 5.92 Å². The van der Waals surface area contributed by atoms with E-state index in [4.69, 9.17) is 0 Å². The Hall–Kier alpha value is -1.84. The van der Waals surface area contributed by atoms with Crippen molar-refractivity contribution < 1.29 is 9.18 Å². The smallest absolute Gasteiger partial charge is 0.230 e. The Balaban J connectivity index is 1.92. The molecular formula is C15H17FN2O. The monoisotopic (exact) mass is 260 g/mol. The SMILES string of the molecule is CN1CCN(C(=O)C2CC=CC2)c2ccc(F)cc21. The molecule has 1 amide bonds. The third kappa shape index (κ3) is 2.11. The molecule has 1 aromatic rings. The molecule has 0 spiro atoms. The highest BCUT2D eigenvalue weighted by atomic mass is 19.1. The zero-order valence-electron chi connectivity index (χ0n) is 11.0. The Morgan fingerprint density at radius 2 is 1.95 bits per heavy atom. The normalized spacial score (nSPS) is 18.8. The second-order valence-electron chi connectivity index (χ2n) is 5.18. The number of halogens is 1. The predicted molar refractivity (Wildman–Crippen MR) is 73.9 cm³/mol. The van der Waals surface area contributed by atoms with Crippen LogP contribution in [0.3, 0.4) is 0 Å². The molecule has 1 aromatic carbocycles. The van der Waals surface area contributed by atoms with Crippen LogP contribution in [0.15, 0.2) is 30.4 Å². The number of benzene rings is 1. The van der Waals surface area contributed by atoms with E-state index in [2.05, 4.69) is 12.2 Å². The summed E-state index contributed by atoms with van der Waals surface area (Å²) in [7, 11) is 1.93. The number of hydrogen-bond donors (Lipinski definition) is 0. The number of carbonyl (C=O) groups is 1. The third-order valence-electron chi connectivity index (χ3n) is 3.92. The average Bonchev–Trinajstić information content (AvgIpc) is 2.93. The van der Waals surface area contributed by atoms with Crippen LogP contribution in [0.5, 0.6) is 0 Å². The summed E-state index contributed by atoms with van der Waals surface area (Å²) >= 11 is 0. The number of nitrogens with zero attached hydrogens (tertiary/aromatic N) is 2. The van der Waals surface area contributed by atoms with Crippen LogP contribution in [0.2, 0.25) is 0 Å². The minimum atomic E-state index is -0.262. The van der Waals surface area contributed by atoms with Gasteiger partial charge in [0.25, 0.3) is 0 Å². The summed E-state index contributed by atoms with van der Waals surface area (Å²) in [5, 5.41) is 0. The second-order valence-corrected chi connectivity index (χ2v) is 5.18. The zero-order chi connectivity index (χ0) is 13.4. The molecule has 0 fully saturated rings. The molecular weight excluding hydrogens is 243 g/mol. The van der Waals surface area contributed by atoms with Crippen molar-refractivity contribution in [2.45, 2.75) is 12.8 Å². The Bertz CT molecular complexity index is 533. The summed E-state index contributed by atoms with van der Waals surface area (Å²) < 4.78 is 13.4. The Kier molecular flexibility index (Phi) is 3.01. The van der Waals surface area contributed by atoms with Gasteiger partial charge in [0.15, 0.2) is 0 Å². The second kappa shape index (κ2) is 4.68. The lowest BCUT2D eigenvalue weighted by molar-refractivity contribution is -0.122. The van der Waals surface area contributed by atoms with Crippen LogP contribution in [0.4, 0.5) is 15.8 Å². The number of anilines is 2. The van der Waals surface area contributed by atoms with Gasteiger partial charge in [0.2, 0.25) is 5.91 Å². The zero-order valence-corrected chi connectivity index (χ0v) is 11.0. The van der Waals surface area contributed by atoms with Gasteiger partial charge in [0.1, 0.15) is 5.82 Å². The summed E-state index contributed by atoms with van der Waals surface area (Å²) in [6.07, 6.45) is 5.76. The first-order valence-corrected chi connectivity index (χ1v) is 6.64. The molecule has 1 aliphatic carbocycles. The Labute approximate surface area is 112 Å². The maximum atomic E-state index is 13.4. The highest BCUT2D eigenvalue weighted by Crippen LogP contribution is 2.35. The van der Waals surface area contributed by atoms with E-state index in [1.807, 2.05) is 16.8 Å². The maximum absolute atomic E-state index is 13.4. The lowest BCUT2D eigenvalue weighted by atomic mass is 10.0. The summed E-state index contributed by atoms with van der Waals surface area (Å²) in [6.45, 7) is 1.41. The Morgan fingerprint density at radius 3 is 2.68 bits per heavy atom. The van der Waals surface area contributed by atoms with Gasteiger partial charge in [-0.15, -0.1) is 0 Å². The third-order valence-corrected chi connectivity index (χ3v) is 3.92. The highest BCUT2D eigenvalue weighted by molar-refractivity contribution is 5.99. The van der Waals surface area contributed by atoms with E-state index >= 15 is 0 Å². The topological polar surface area (TPSA) is 23.6 Å². The van der Waals surface area contributed by atoms with E-state index in [1.54, 1.807) is 6.07 Å². The molecule has 0 saturated carbocycles. The standard InChI is InChI=1S/C15H17FN2O/c1-17-8-9-18(15(19)11-4-2-3-5-11)13-7-6-12(16)10-14(13)17/h2-3,6-7,10-11H,4-5,8-9H2,1H3. The molecule has 0 saturated heterocycles. The molecule has 1 heterocycles. The number of likely N-dealkylation sites (N-methyl/N-ethyl adjacent to an activating group) is 1. The van der Waals surface area contributed by atoms with Crippen LogP contribution in [-0.2, 0) is 4.79 Å². The fraction of sp³-hybridized carbons (Fsp3) is 0.400. The van der Waals surface area contributed by atoms with E-state index in [-0.39, 0.29) is 17.6 Å². The molecule has 4 heteroatoms. The molecule has 0 unspecified atom stereocenters. The molecule has 100 valence electrons. The van der Waals surface area contributed by atoms with E-state index in [0.29, 0.717) is 6.54 Å². The highest BCUT2D eigenvalue weighted by Gasteiger charge is 2.30. The number of allylic oxidation sites excluding steroid dienone is 2. The van der Waals surface area contributed by atoms with Gasteiger partial charge in [-0.25, -0.2) is 4.39 Å². The van der Waals surface area contributed by atoms with Crippen LogP contribution in [-0.4, -0.2) is 26.0 Å². The summed E-state index contributed by atoms with van der Waals surface area (Å²) in [5.74, 6) is -0.0466. The molecule has 2 aliphatic rings. The molecule has 0 atom stereocenters. The molecule has 1 aliphatic heterocycles. The van der Waals surface area contributed by atoms with Crippen molar-refractivity contribution in [2.75, 3.05) is 29.9 Å². The molecule has 0 bridgehead atoms. The fourth-order valence-electron chi connectivity index (χ4n) is 2.79. The van der Waals surface area contributed by atoms with Crippen LogP contribution in [0, 0.1) is 11.7 Å². The molecule has 0 radical (unpaired) electrons. The van der Waals surface area contributed by atoms with E-state index < -0.39 is 0 Å². The van der Waals surface area contributed by atoms with Gasteiger partial charge in [-0.3, -0.25) is 4.79 Å².